The number of benzene rings is 6. The van der Waals surface area contributed by atoms with Crippen LogP contribution >= 0.6 is 17.2 Å². The van der Waals surface area contributed by atoms with E-state index < -0.39 is 17.2 Å². The van der Waals surface area contributed by atoms with Crippen molar-refractivity contribution in [3.8, 4) is 45.6 Å². The second-order valence-corrected chi connectivity index (χ2v) is 14.5. The van der Waals surface area contributed by atoms with Gasteiger partial charge in [-0.3, -0.25) is 0 Å². The third-order valence-corrected chi connectivity index (χ3v) is 10.5. The first kappa shape index (κ1) is 39.2. The molecule has 0 saturated heterocycles. The Morgan fingerprint density at radius 2 is 0.604 bits per heavy atom. The molecule has 0 bridgehead atoms. The van der Waals surface area contributed by atoms with Crippen molar-refractivity contribution in [3.63, 3.8) is 0 Å². The summed E-state index contributed by atoms with van der Waals surface area (Å²) in [6, 6.07) is 41.9. The molecule has 0 aliphatic heterocycles. The van der Waals surface area contributed by atoms with Crippen molar-refractivity contribution >= 4 is 17.2 Å². The fraction of sp³-hybridized carbons (Fsp3) is 0.200. The average molecular weight is 747 g/mol. The van der Waals surface area contributed by atoms with E-state index in [2.05, 4.69) is 0 Å². The lowest BCUT2D eigenvalue weighted by Gasteiger charge is -2.22. The molecule has 6 nitrogen and oxygen atoms in total. The van der Waals surface area contributed by atoms with E-state index in [0.29, 0.717) is 11.5 Å². The first-order chi connectivity index (χ1) is 25.6. The third-order valence-electron chi connectivity index (χ3n) is 8.39. The zero-order valence-corrected chi connectivity index (χ0v) is 33.8. The largest absolute Gasteiger partial charge is 0.530 e. The third kappa shape index (κ3) is 10.3. The molecule has 0 spiro atoms. The van der Waals surface area contributed by atoms with Crippen molar-refractivity contribution < 1.29 is 27.1 Å². The van der Waals surface area contributed by atoms with Gasteiger partial charge in [0.2, 0.25) is 0 Å². The van der Waals surface area contributed by atoms with Gasteiger partial charge in [-0.15, -0.1) is 0 Å². The van der Waals surface area contributed by atoms with E-state index in [1.54, 1.807) is 0 Å². The van der Waals surface area contributed by atoms with E-state index in [9.17, 15) is 0 Å². The maximum atomic E-state index is 6.44. The highest BCUT2D eigenvalue weighted by atomic mass is 31.2. The summed E-state index contributed by atoms with van der Waals surface area (Å²) in [5, 5.41) is 0. The molecular weight excluding hydrogens is 698 g/mol. The van der Waals surface area contributed by atoms with Crippen LogP contribution in [0.5, 0.6) is 34.5 Å². The van der Waals surface area contributed by atoms with Crippen molar-refractivity contribution in [1.29, 1.82) is 0 Å². The maximum absolute atomic E-state index is 6.44. The average Bonchev–Trinajstić information content (AvgIpc) is 3.15. The minimum Gasteiger partial charge on any atom is -0.409 e. The predicted octanol–water partition coefficient (Wildman–Crippen LogP) is 14.1. The molecule has 0 aromatic heterocycles. The summed E-state index contributed by atoms with van der Waals surface area (Å²) in [5.74, 6) is 4.30. The summed E-state index contributed by atoms with van der Waals surface area (Å²) < 4.78 is 38.3. The molecule has 1 atom stereocenters. The van der Waals surface area contributed by atoms with E-state index in [0.717, 1.165) is 73.1 Å². The molecule has 0 amide bonds. The minimum atomic E-state index is -1.81. The Hall–Kier alpha value is -5.02. The Balaban J connectivity index is 0.00000266. The normalized spacial score (nSPS) is 11.2. The molecule has 0 aliphatic carbocycles. The Labute approximate surface area is 317 Å². The molecule has 1 unspecified atom stereocenters. The van der Waals surface area contributed by atoms with E-state index in [-0.39, 0.29) is 0 Å². The summed E-state index contributed by atoms with van der Waals surface area (Å²) in [6.45, 7) is 18.1. The van der Waals surface area contributed by atoms with Crippen LogP contribution in [0.4, 0.5) is 0 Å². The molecule has 0 radical (unpaired) electrons. The molecule has 6 aromatic rings. The van der Waals surface area contributed by atoms with Gasteiger partial charge in [0.15, 0.2) is 0 Å². The van der Waals surface area contributed by atoms with Crippen molar-refractivity contribution in [3.05, 3.63) is 166 Å². The second-order valence-electron chi connectivity index (χ2n) is 12.5. The van der Waals surface area contributed by atoms with Crippen LogP contribution in [0.15, 0.2) is 127 Å². The second kappa shape index (κ2) is 18.6. The van der Waals surface area contributed by atoms with E-state index >= 15 is 0 Å². The van der Waals surface area contributed by atoms with Gasteiger partial charge in [0, 0.05) is 0 Å². The highest BCUT2D eigenvalue weighted by molar-refractivity contribution is 7.43. The van der Waals surface area contributed by atoms with Crippen molar-refractivity contribution in [2.45, 2.75) is 62.3 Å². The van der Waals surface area contributed by atoms with Crippen LogP contribution in [-0.2, 0) is 0 Å². The molecule has 0 saturated carbocycles. The molecule has 0 aliphatic rings. The van der Waals surface area contributed by atoms with Crippen LogP contribution in [0.1, 0.15) is 52.8 Å². The number of aryl methyl sites for hydroxylation is 7. The lowest BCUT2D eigenvalue weighted by atomic mass is 10.1. The Bertz CT molecular complexity index is 1980. The summed E-state index contributed by atoms with van der Waals surface area (Å²) in [7, 11) is -3.61. The summed E-state index contributed by atoms with van der Waals surface area (Å²) in [4.78, 5) is 0. The van der Waals surface area contributed by atoms with Gasteiger partial charge in [-0.1, -0.05) is 111 Å². The highest BCUT2D eigenvalue weighted by Crippen LogP contribution is 2.47. The fourth-order valence-electron chi connectivity index (χ4n) is 5.49. The quantitative estimate of drug-likeness (QED) is 0.110. The number of hydrogen-bond donors (Lipinski definition) is 0. The lowest BCUT2D eigenvalue weighted by molar-refractivity contribution is 0.383. The van der Waals surface area contributed by atoms with E-state index in [4.69, 9.17) is 27.1 Å². The molecule has 0 heterocycles. The fourth-order valence-corrected chi connectivity index (χ4v) is 7.98. The van der Waals surface area contributed by atoms with Gasteiger partial charge < -0.3 is 27.1 Å². The van der Waals surface area contributed by atoms with Gasteiger partial charge in [0.25, 0.3) is 0 Å². The first-order valence-corrected chi connectivity index (χ1v) is 20.0. The minimum absolute atomic E-state index is 0.641. The number of rotatable bonds is 13. The molecule has 6 aromatic carbocycles. The van der Waals surface area contributed by atoms with E-state index in [1.807, 2.05) is 190 Å². The van der Waals surface area contributed by atoms with Gasteiger partial charge in [-0.2, -0.15) is 0 Å². The summed E-state index contributed by atoms with van der Waals surface area (Å²) in [5.41, 5.74) is 9.16. The van der Waals surface area contributed by atoms with Crippen molar-refractivity contribution in [2.24, 2.45) is 0 Å². The maximum Gasteiger partial charge on any atom is 0.530 e. The van der Waals surface area contributed by atoms with Crippen LogP contribution in [0.25, 0.3) is 11.1 Å². The highest BCUT2D eigenvalue weighted by Gasteiger charge is 2.25. The Kier molecular flexibility index (Phi) is 13.8. The van der Waals surface area contributed by atoms with Crippen LogP contribution in [-0.4, -0.2) is 0 Å². The van der Waals surface area contributed by atoms with E-state index in [1.165, 1.54) is 0 Å². The zero-order chi connectivity index (χ0) is 37.9. The topological polar surface area (TPSA) is 55.4 Å². The standard InChI is InChI=1S/C43H42O6P2.C2H6/c1-29-13-8-9-20-40(29)46-50(47-41-30(2)14-10-15-31(41)3)44-38-25-21-36(22-26-38)37-23-27-39(28-24-37)45-51(48-42-32(4)16-11-17-33(42)5)49-43-34(6)18-12-19-35(43)7;1-2/h8-28H,1-7H3;1-2H3. The molecule has 53 heavy (non-hydrogen) atoms. The monoisotopic (exact) mass is 746 g/mol. The summed E-state index contributed by atoms with van der Waals surface area (Å²) >= 11 is 0. The molecular formula is C45H48O6P2. The molecule has 274 valence electrons. The van der Waals surface area contributed by atoms with Gasteiger partial charge >= 0.3 is 17.2 Å². The number of para-hydroxylation sites is 4. The smallest absolute Gasteiger partial charge is 0.409 e. The van der Waals surface area contributed by atoms with Gasteiger partial charge in [-0.05, 0) is 129 Å². The van der Waals surface area contributed by atoms with Gasteiger partial charge in [0.1, 0.15) is 34.5 Å². The molecule has 6 rings (SSSR count). The zero-order valence-electron chi connectivity index (χ0n) is 32.0. The van der Waals surface area contributed by atoms with Crippen LogP contribution in [0, 0.1) is 48.5 Å². The Morgan fingerprint density at radius 3 is 0.943 bits per heavy atom. The summed E-state index contributed by atoms with van der Waals surface area (Å²) in [6.07, 6.45) is 0. The van der Waals surface area contributed by atoms with Crippen LogP contribution in [0.2, 0.25) is 0 Å². The first-order valence-electron chi connectivity index (χ1n) is 17.8. The van der Waals surface area contributed by atoms with Crippen molar-refractivity contribution in [2.75, 3.05) is 0 Å². The molecule has 8 heteroatoms. The van der Waals surface area contributed by atoms with Crippen LogP contribution in [0.3, 0.4) is 0 Å². The van der Waals surface area contributed by atoms with Gasteiger partial charge in [0.05, 0.1) is 0 Å². The predicted molar refractivity (Wildman–Crippen MR) is 220 cm³/mol. The SMILES string of the molecule is CC.Cc1ccccc1OP(Oc1ccc(-c2ccc(OP(Oc3c(C)cccc3C)Oc3c(C)cccc3C)cc2)cc1)Oc1c(C)cccc1C. The Morgan fingerprint density at radius 1 is 0.302 bits per heavy atom. The molecule has 0 N–H and O–H groups in total. The lowest BCUT2D eigenvalue weighted by Crippen LogP contribution is -2.05. The van der Waals surface area contributed by atoms with Crippen molar-refractivity contribution in [1.82, 2.24) is 0 Å². The number of hydrogen-bond acceptors (Lipinski definition) is 6. The van der Waals surface area contributed by atoms with Gasteiger partial charge in [-0.25, -0.2) is 0 Å². The van der Waals surface area contributed by atoms with Crippen LogP contribution < -0.4 is 27.1 Å². The molecule has 0 fully saturated rings.